The molecule has 35 heavy (non-hydrogen) atoms. The summed E-state index contributed by atoms with van der Waals surface area (Å²) in [6.45, 7) is 2.76. The lowest BCUT2D eigenvalue weighted by atomic mass is 10.1. The lowest BCUT2D eigenvalue weighted by molar-refractivity contribution is -0.119. The van der Waals surface area contributed by atoms with Crippen LogP contribution >= 0.6 is 0 Å². The van der Waals surface area contributed by atoms with E-state index in [-0.39, 0.29) is 19.7 Å². The van der Waals surface area contributed by atoms with Gasteiger partial charge in [-0.1, -0.05) is 55.8 Å². The highest BCUT2D eigenvalue weighted by molar-refractivity contribution is 7.92. The first-order valence-electron chi connectivity index (χ1n) is 11.6. The highest BCUT2D eigenvalue weighted by atomic mass is 32.2. The molecule has 0 radical (unpaired) electrons. The molecule has 1 amide bonds. The van der Waals surface area contributed by atoms with Gasteiger partial charge in [-0.05, 0) is 53.9 Å². The maximum atomic E-state index is 12.4. The molecule has 0 saturated heterocycles. The van der Waals surface area contributed by atoms with E-state index in [1.807, 2.05) is 54.6 Å². The van der Waals surface area contributed by atoms with Crippen molar-refractivity contribution in [2.24, 2.45) is 0 Å². The third-order valence-electron chi connectivity index (χ3n) is 5.22. The molecule has 0 aromatic heterocycles. The number of rotatable bonds is 13. The van der Waals surface area contributed by atoms with Crippen LogP contribution in [-0.4, -0.2) is 40.3 Å². The SMILES string of the molecule is CCCc1ccc(OCCNC(=O)CN(c2ccc(OCc3ccccc3)cc2)S(C)(=O)=O)cc1. The zero-order chi connectivity index (χ0) is 25.1. The zero-order valence-corrected chi connectivity index (χ0v) is 21.0. The Morgan fingerprint density at radius 2 is 1.49 bits per heavy atom. The third-order valence-corrected chi connectivity index (χ3v) is 6.36. The third kappa shape index (κ3) is 8.64. The van der Waals surface area contributed by atoms with Crippen LogP contribution in [0, 0.1) is 0 Å². The Balaban J connectivity index is 1.49. The molecular formula is C27H32N2O5S. The van der Waals surface area contributed by atoms with E-state index < -0.39 is 15.9 Å². The molecule has 0 atom stereocenters. The molecule has 8 heteroatoms. The van der Waals surface area contributed by atoms with Crippen LogP contribution in [-0.2, 0) is 27.8 Å². The van der Waals surface area contributed by atoms with Crippen molar-refractivity contribution in [2.75, 3.05) is 30.3 Å². The van der Waals surface area contributed by atoms with Crippen LogP contribution in [0.1, 0.15) is 24.5 Å². The Bertz CT molecular complexity index is 1160. The number of nitrogens with one attached hydrogen (secondary N) is 1. The molecule has 0 unspecified atom stereocenters. The molecule has 3 aromatic carbocycles. The quantitative estimate of drug-likeness (QED) is 0.359. The summed E-state index contributed by atoms with van der Waals surface area (Å²) in [5.74, 6) is 0.920. The highest BCUT2D eigenvalue weighted by Gasteiger charge is 2.20. The molecule has 0 spiro atoms. The number of ether oxygens (including phenoxy) is 2. The summed E-state index contributed by atoms with van der Waals surface area (Å²) in [4.78, 5) is 12.4. The molecule has 3 rings (SSSR count). The smallest absolute Gasteiger partial charge is 0.240 e. The van der Waals surface area contributed by atoms with E-state index >= 15 is 0 Å². The molecule has 0 fully saturated rings. The topological polar surface area (TPSA) is 84.9 Å². The second-order valence-corrected chi connectivity index (χ2v) is 10.0. The maximum absolute atomic E-state index is 12.4. The summed E-state index contributed by atoms with van der Waals surface area (Å²) < 4.78 is 37.2. The number of nitrogens with zero attached hydrogens (tertiary/aromatic N) is 1. The largest absolute Gasteiger partial charge is 0.492 e. The maximum Gasteiger partial charge on any atom is 0.240 e. The number of carbonyl (C=O) groups excluding carboxylic acids is 1. The van der Waals surface area contributed by atoms with Gasteiger partial charge in [-0.2, -0.15) is 0 Å². The lowest BCUT2D eigenvalue weighted by Gasteiger charge is -2.22. The van der Waals surface area contributed by atoms with Crippen LogP contribution in [0.25, 0.3) is 0 Å². The minimum absolute atomic E-state index is 0.263. The summed E-state index contributed by atoms with van der Waals surface area (Å²) in [5.41, 5.74) is 2.67. The van der Waals surface area contributed by atoms with Crippen LogP contribution in [0.15, 0.2) is 78.9 Å². The minimum Gasteiger partial charge on any atom is -0.492 e. The fraction of sp³-hybridized carbons (Fsp3) is 0.296. The van der Waals surface area contributed by atoms with Crippen molar-refractivity contribution < 1.29 is 22.7 Å². The van der Waals surface area contributed by atoms with E-state index in [9.17, 15) is 13.2 Å². The molecule has 0 heterocycles. The zero-order valence-electron chi connectivity index (χ0n) is 20.1. The molecule has 0 aliphatic rings. The van der Waals surface area contributed by atoms with Gasteiger partial charge in [-0.25, -0.2) is 8.42 Å². The number of anilines is 1. The van der Waals surface area contributed by atoms with E-state index in [1.165, 1.54) is 5.56 Å². The Hall–Kier alpha value is -3.52. The van der Waals surface area contributed by atoms with Crippen molar-refractivity contribution >= 4 is 21.6 Å². The predicted octanol–water partition coefficient (Wildman–Crippen LogP) is 4.18. The van der Waals surface area contributed by atoms with Gasteiger partial charge in [-0.3, -0.25) is 9.10 Å². The first-order chi connectivity index (χ1) is 16.8. The van der Waals surface area contributed by atoms with Gasteiger partial charge >= 0.3 is 0 Å². The Kier molecular flexibility index (Phi) is 9.55. The Labute approximate surface area is 207 Å². The van der Waals surface area contributed by atoms with Gasteiger partial charge in [-0.15, -0.1) is 0 Å². The highest BCUT2D eigenvalue weighted by Crippen LogP contribution is 2.22. The molecule has 7 nitrogen and oxygen atoms in total. The van der Waals surface area contributed by atoms with Crippen LogP contribution in [0.3, 0.4) is 0 Å². The predicted molar refractivity (Wildman–Crippen MR) is 138 cm³/mol. The molecule has 0 bridgehead atoms. The molecule has 0 saturated carbocycles. The fourth-order valence-corrected chi connectivity index (χ4v) is 4.29. The second-order valence-electron chi connectivity index (χ2n) is 8.13. The van der Waals surface area contributed by atoms with Gasteiger partial charge < -0.3 is 14.8 Å². The van der Waals surface area contributed by atoms with Crippen molar-refractivity contribution in [3.63, 3.8) is 0 Å². The van der Waals surface area contributed by atoms with Gasteiger partial charge in [0.05, 0.1) is 18.5 Å². The van der Waals surface area contributed by atoms with Crippen molar-refractivity contribution in [1.82, 2.24) is 5.32 Å². The van der Waals surface area contributed by atoms with Crippen LogP contribution in [0.2, 0.25) is 0 Å². The van der Waals surface area contributed by atoms with Crippen molar-refractivity contribution in [2.45, 2.75) is 26.4 Å². The van der Waals surface area contributed by atoms with Gasteiger partial charge in [0.15, 0.2) is 0 Å². The molecule has 1 N–H and O–H groups in total. The first kappa shape index (κ1) is 26.1. The van der Waals surface area contributed by atoms with E-state index in [2.05, 4.69) is 12.2 Å². The monoisotopic (exact) mass is 496 g/mol. The Morgan fingerprint density at radius 1 is 0.857 bits per heavy atom. The fourth-order valence-electron chi connectivity index (χ4n) is 3.44. The normalized spacial score (nSPS) is 11.0. The van der Waals surface area contributed by atoms with Crippen LogP contribution < -0.4 is 19.1 Å². The first-order valence-corrected chi connectivity index (χ1v) is 13.4. The number of sulfonamides is 1. The Morgan fingerprint density at radius 3 is 2.11 bits per heavy atom. The van der Waals surface area contributed by atoms with Crippen molar-refractivity contribution in [3.05, 3.63) is 90.0 Å². The number of amides is 1. The molecule has 0 aliphatic carbocycles. The molecule has 0 aliphatic heterocycles. The number of hydrogen-bond donors (Lipinski definition) is 1. The molecule has 186 valence electrons. The van der Waals surface area contributed by atoms with E-state index in [4.69, 9.17) is 9.47 Å². The standard InChI is InChI=1S/C27H32N2O5S/c1-3-7-22-10-14-25(15-11-22)33-19-18-28-27(30)20-29(35(2,31)32)24-12-16-26(17-13-24)34-21-23-8-5-4-6-9-23/h4-6,8-17H,3,7,18-21H2,1-2H3,(H,28,30). The summed E-state index contributed by atoms with van der Waals surface area (Å²) in [6, 6.07) is 24.2. The number of carbonyl (C=O) groups is 1. The number of hydrogen-bond acceptors (Lipinski definition) is 5. The van der Waals surface area contributed by atoms with Gasteiger partial charge in [0.2, 0.25) is 15.9 Å². The lowest BCUT2D eigenvalue weighted by Crippen LogP contribution is -2.41. The number of aryl methyl sites for hydroxylation is 1. The average Bonchev–Trinajstić information content (AvgIpc) is 2.85. The summed E-state index contributed by atoms with van der Waals surface area (Å²) in [6.07, 6.45) is 3.19. The average molecular weight is 497 g/mol. The molecular weight excluding hydrogens is 464 g/mol. The summed E-state index contributed by atoms with van der Waals surface area (Å²) in [5, 5.41) is 2.71. The summed E-state index contributed by atoms with van der Waals surface area (Å²) >= 11 is 0. The summed E-state index contributed by atoms with van der Waals surface area (Å²) in [7, 11) is -3.66. The number of benzene rings is 3. The van der Waals surface area contributed by atoms with E-state index in [1.54, 1.807) is 24.3 Å². The second kappa shape index (κ2) is 12.8. The van der Waals surface area contributed by atoms with E-state index in [0.29, 0.717) is 18.0 Å². The van der Waals surface area contributed by atoms with E-state index in [0.717, 1.165) is 34.7 Å². The van der Waals surface area contributed by atoms with Gasteiger partial charge in [0.1, 0.15) is 31.3 Å². The van der Waals surface area contributed by atoms with Crippen molar-refractivity contribution in [3.8, 4) is 11.5 Å². The van der Waals surface area contributed by atoms with Crippen molar-refractivity contribution in [1.29, 1.82) is 0 Å². The van der Waals surface area contributed by atoms with Gasteiger partial charge in [0.25, 0.3) is 0 Å². The minimum atomic E-state index is -3.66. The molecule has 3 aromatic rings. The van der Waals surface area contributed by atoms with Crippen LogP contribution in [0.5, 0.6) is 11.5 Å². The van der Waals surface area contributed by atoms with Gasteiger partial charge in [0, 0.05) is 0 Å². The van der Waals surface area contributed by atoms with Crippen LogP contribution in [0.4, 0.5) is 5.69 Å².